The first-order chi connectivity index (χ1) is 4.35. The lowest BCUT2D eigenvalue weighted by atomic mass is 9.94. The molecule has 0 aromatic rings. The van der Waals surface area contributed by atoms with Crippen molar-refractivity contribution in [2.75, 3.05) is 20.1 Å². The van der Waals surface area contributed by atoms with Crippen LogP contribution >= 0.6 is 0 Å². The van der Waals surface area contributed by atoms with Crippen LogP contribution in [0.25, 0.3) is 0 Å². The Hall–Kier alpha value is -0.0800. The van der Waals surface area contributed by atoms with Crippen molar-refractivity contribution in [2.24, 2.45) is 0 Å². The van der Waals surface area contributed by atoms with E-state index in [-0.39, 0.29) is 6.10 Å². The summed E-state index contributed by atoms with van der Waals surface area (Å²) in [5.74, 6) is 0. The van der Waals surface area contributed by atoms with Crippen molar-refractivity contribution in [3.8, 4) is 0 Å². The molecule has 1 rings (SSSR count). The molecule has 10 heavy (non-hydrogen) atoms. The SMILES string of the molecule is CC(C)(C)[N+]1(C)CC(O)C1. The molecule has 0 radical (unpaired) electrons. The Bertz CT molecular complexity index is 131. The van der Waals surface area contributed by atoms with Gasteiger partial charge in [0.1, 0.15) is 13.1 Å². The van der Waals surface area contributed by atoms with Gasteiger partial charge in [-0.3, -0.25) is 0 Å². The Balaban J connectivity index is 2.57. The van der Waals surface area contributed by atoms with Gasteiger partial charge in [0.25, 0.3) is 0 Å². The quantitative estimate of drug-likeness (QED) is 0.494. The predicted octanol–water partition coefficient (Wildman–Crippen LogP) is 0.606. The van der Waals surface area contributed by atoms with E-state index in [4.69, 9.17) is 5.11 Å². The fourth-order valence-corrected chi connectivity index (χ4v) is 1.42. The fraction of sp³-hybridized carbons (Fsp3) is 1.00. The van der Waals surface area contributed by atoms with Gasteiger partial charge in [0.15, 0.2) is 6.10 Å². The van der Waals surface area contributed by atoms with E-state index in [0.717, 1.165) is 17.6 Å². The van der Waals surface area contributed by atoms with Crippen LogP contribution in [-0.2, 0) is 0 Å². The molecule has 0 atom stereocenters. The van der Waals surface area contributed by atoms with Crippen LogP contribution in [0.1, 0.15) is 20.8 Å². The first-order valence-corrected chi connectivity index (χ1v) is 3.88. The minimum Gasteiger partial charge on any atom is -0.382 e. The highest BCUT2D eigenvalue weighted by Gasteiger charge is 2.47. The highest BCUT2D eigenvalue weighted by molar-refractivity contribution is 4.73. The van der Waals surface area contributed by atoms with Crippen LogP contribution in [-0.4, -0.2) is 41.4 Å². The monoisotopic (exact) mass is 144 g/mol. The molecule has 1 fully saturated rings. The smallest absolute Gasteiger partial charge is 0.152 e. The molecule has 0 bridgehead atoms. The summed E-state index contributed by atoms with van der Waals surface area (Å²) < 4.78 is 1.01. The minimum atomic E-state index is -0.0516. The molecule has 60 valence electrons. The summed E-state index contributed by atoms with van der Waals surface area (Å²) in [4.78, 5) is 0. The van der Waals surface area contributed by atoms with Gasteiger partial charge in [0, 0.05) is 0 Å². The summed E-state index contributed by atoms with van der Waals surface area (Å²) in [6, 6.07) is 0. The predicted molar refractivity (Wildman–Crippen MR) is 41.7 cm³/mol. The van der Waals surface area contributed by atoms with Gasteiger partial charge in [-0.1, -0.05) is 0 Å². The zero-order valence-electron chi connectivity index (χ0n) is 7.39. The van der Waals surface area contributed by atoms with Crippen molar-refractivity contribution >= 4 is 0 Å². The molecule has 1 saturated heterocycles. The van der Waals surface area contributed by atoms with Gasteiger partial charge in [-0.25, -0.2) is 0 Å². The molecule has 2 nitrogen and oxygen atoms in total. The summed E-state index contributed by atoms with van der Waals surface area (Å²) >= 11 is 0. The first kappa shape index (κ1) is 8.02. The molecule has 0 saturated carbocycles. The number of likely N-dealkylation sites (tertiary alicyclic amines) is 1. The second-order valence-corrected chi connectivity index (χ2v) is 4.59. The number of aliphatic hydroxyl groups is 1. The summed E-state index contributed by atoms with van der Waals surface area (Å²) in [6.07, 6.45) is -0.0516. The molecule has 0 aromatic heterocycles. The first-order valence-electron chi connectivity index (χ1n) is 3.88. The van der Waals surface area contributed by atoms with E-state index in [1.807, 2.05) is 0 Å². The Kier molecular flexibility index (Phi) is 1.57. The highest BCUT2D eigenvalue weighted by atomic mass is 16.3. The number of rotatable bonds is 0. The van der Waals surface area contributed by atoms with Gasteiger partial charge in [-0.15, -0.1) is 0 Å². The van der Waals surface area contributed by atoms with Gasteiger partial charge in [-0.05, 0) is 20.8 Å². The average molecular weight is 144 g/mol. The summed E-state index contributed by atoms with van der Waals surface area (Å²) in [7, 11) is 2.20. The van der Waals surface area contributed by atoms with Gasteiger partial charge >= 0.3 is 0 Å². The molecular weight excluding hydrogens is 126 g/mol. The maximum absolute atomic E-state index is 9.13. The highest BCUT2D eigenvalue weighted by Crippen LogP contribution is 2.29. The Labute approximate surface area is 63.1 Å². The third kappa shape index (κ3) is 1.06. The number of hydrogen-bond donors (Lipinski definition) is 1. The zero-order valence-corrected chi connectivity index (χ0v) is 7.39. The number of likely N-dealkylation sites (N-methyl/N-ethyl adjacent to an activating group) is 1. The van der Waals surface area contributed by atoms with E-state index in [1.165, 1.54) is 0 Å². The van der Waals surface area contributed by atoms with Crippen LogP contribution in [0.4, 0.5) is 0 Å². The number of nitrogens with zero attached hydrogens (tertiary/aromatic N) is 1. The summed E-state index contributed by atoms with van der Waals surface area (Å²) in [6.45, 7) is 8.50. The van der Waals surface area contributed by atoms with E-state index >= 15 is 0 Å². The second-order valence-electron chi connectivity index (χ2n) is 4.59. The minimum absolute atomic E-state index is 0.0516. The Morgan fingerprint density at radius 3 is 1.80 bits per heavy atom. The normalized spacial score (nSPS) is 41.1. The molecule has 1 N–H and O–H groups in total. The van der Waals surface area contributed by atoms with Crippen molar-refractivity contribution in [3.63, 3.8) is 0 Å². The zero-order chi connectivity index (χ0) is 7.99. The van der Waals surface area contributed by atoms with E-state index in [9.17, 15) is 0 Å². The second kappa shape index (κ2) is 1.95. The molecule has 0 unspecified atom stereocenters. The van der Waals surface area contributed by atoms with E-state index in [2.05, 4.69) is 27.8 Å². The van der Waals surface area contributed by atoms with E-state index < -0.39 is 0 Å². The topological polar surface area (TPSA) is 20.2 Å². The average Bonchev–Trinajstić information content (AvgIpc) is 1.58. The Morgan fingerprint density at radius 1 is 1.30 bits per heavy atom. The number of aliphatic hydroxyl groups excluding tert-OH is 1. The van der Waals surface area contributed by atoms with Gasteiger partial charge in [0.2, 0.25) is 0 Å². The summed E-state index contributed by atoms with van der Waals surface area (Å²) in [5.41, 5.74) is 0.291. The molecule has 0 aromatic carbocycles. The van der Waals surface area contributed by atoms with Crippen molar-refractivity contribution in [2.45, 2.75) is 32.4 Å². The number of hydrogen-bond acceptors (Lipinski definition) is 1. The molecule has 0 aliphatic carbocycles. The molecule has 1 heterocycles. The maximum Gasteiger partial charge on any atom is 0.152 e. The van der Waals surface area contributed by atoms with Crippen molar-refractivity contribution < 1.29 is 9.59 Å². The van der Waals surface area contributed by atoms with Gasteiger partial charge < -0.3 is 9.59 Å². The van der Waals surface area contributed by atoms with Crippen LogP contribution in [0.3, 0.4) is 0 Å². The van der Waals surface area contributed by atoms with Crippen molar-refractivity contribution in [1.82, 2.24) is 0 Å². The summed E-state index contributed by atoms with van der Waals surface area (Å²) in [5, 5.41) is 9.13. The van der Waals surface area contributed by atoms with E-state index in [0.29, 0.717) is 5.54 Å². The molecule has 1 aliphatic rings. The van der Waals surface area contributed by atoms with Crippen LogP contribution in [0.2, 0.25) is 0 Å². The lowest BCUT2D eigenvalue weighted by molar-refractivity contribution is -0.995. The van der Waals surface area contributed by atoms with Crippen molar-refractivity contribution in [1.29, 1.82) is 0 Å². The van der Waals surface area contributed by atoms with Crippen molar-refractivity contribution in [3.05, 3.63) is 0 Å². The van der Waals surface area contributed by atoms with Gasteiger partial charge in [-0.2, -0.15) is 0 Å². The molecule has 1 aliphatic heterocycles. The lowest BCUT2D eigenvalue weighted by Gasteiger charge is -2.54. The molecule has 0 spiro atoms. The fourth-order valence-electron chi connectivity index (χ4n) is 1.42. The van der Waals surface area contributed by atoms with Gasteiger partial charge in [0.05, 0.1) is 12.6 Å². The van der Waals surface area contributed by atoms with Crippen LogP contribution < -0.4 is 0 Å². The largest absolute Gasteiger partial charge is 0.382 e. The molecule has 0 amide bonds. The third-order valence-corrected chi connectivity index (χ3v) is 2.85. The third-order valence-electron chi connectivity index (χ3n) is 2.85. The molecular formula is C8H18NO+. The molecule has 2 heteroatoms. The maximum atomic E-state index is 9.13. The standard InChI is InChI=1S/C8H18NO/c1-8(2,3)9(4)5-7(10)6-9/h7,10H,5-6H2,1-4H3/q+1. The van der Waals surface area contributed by atoms with Crippen LogP contribution in [0.5, 0.6) is 0 Å². The van der Waals surface area contributed by atoms with Crippen LogP contribution in [0.15, 0.2) is 0 Å². The Morgan fingerprint density at radius 2 is 1.70 bits per heavy atom. The van der Waals surface area contributed by atoms with E-state index in [1.54, 1.807) is 0 Å². The lowest BCUT2D eigenvalue weighted by Crippen LogP contribution is -2.71. The number of quaternary nitrogens is 1. The van der Waals surface area contributed by atoms with Crippen LogP contribution in [0, 0.1) is 0 Å².